The van der Waals surface area contributed by atoms with Crippen LogP contribution in [0.3, 0.4) is 0 Å². The van der Waals surface area contributed by atoms with E-state index in [4.69, 9.17) is 5.73 Å². The van der Waals surface area contributed by atoms with E-state index in [1.165, 1.54) is 32.4 Å². The lowest BCUT2D eigenvalue weighted by Crippen LogP contribution is -2.46. The first kappa shape index (κ1) is 21.0. The van der Waals surface area contributed by atoms with Crippen LogP contribution in [-0.2, 0) is 4.79 Å². The molecule has 2 fully saturated rings. The van der Waals surface area contributed by atoms with Gasteiger partial charge in [-0.3, -0.25) is 4.79 Å². The van der Waals surface area contributed by atoms with Crippen LogP contribution in [0.5, 0.6) is 0 Å². The fourth-order valence-electron chi connectivity index (χ4n) is 3.59. The van der Waals surface area contributed by atoms with Crippen LogP contribution in [0.4, 0.5) is 0 Å². The number of nitrogens with one attached hydrogen (secondary N) is 1. The minimum Gasteiger partial charge on any atom is -0.352 e. The lowest BCUT2D eigenvalue weighted by Gasteiger charge is -2.30. The summed E-state index contributed by atoms with van der Waals surface area (Å²) >= 11 is 0. The summed E-state index contributed by atoms with van der Waals surface area (Å²) in [6.07, 6.45) is 7.26. The number of nitrogens with two attached hydrogens (primary N) is 1. The molecule has 4 nitrogen and oxygen atoms in total. The molecular formula is C15H31Cl2N3O. The van der Waals surface area contributed by atoms with Gasteiger partial charge in [0.1, 0.15) is 0 Å². The van der Waals surface area contributed by atoms with Crippen molar-refractivity contribution >= 4 is 30.7 Å². The fourth-order valence-corrected chi connectivity index (χ4v) is 3.59. The maximum atomic E-state index is 12.3. The zero-order chi connectivity index (χ0) is 13.7. The highest BCUT2D eigenvalue weighted by atomic mass is 35.5. The first-order valence-electron chi connectivity index (χ1n) is 7.93. The summed E-state index contributed by atoms with van der Waals surface area (Å²) in [7, 11) is 0. The van der Waals surface area contributed by atoms with Gasteiger partial charge in [-0.25, -0.2) is 0 Å². The minimum atomic E-state index is 0. The van der Waals surface area contributed by atoms with E-state index < -0.39 is 0 Å². The zero-order valence-corrected chi connectivity index (χ0v) is 14.7. The first-order chi connectivity index (χ1) is 9.20. The molecule has 0 aromatic rings. The molecule has 1 amide bonds. The Kier molecular flexibility index (Phi) is 10.6. The van der Waals surface area contributed by atoms with E-state index in [-0.39, 0.29) is 42.7 Å². The number of nitrogens with zero attached hydrogens (tertiary/aromatic N) is 1. The Balaban J connectivity index is 0.00000200. The van der Waals surface area contributed by atoms with Crippen LogP contribution >= 0.6 is 24.8 Å². The molecule has 126 valence electrons. The number of rotatable bonds is 5. The van der Waals surface area contributed by atoms with Crippen LogP contribution < -0.4 is 11.1 Å². The van der Waals surface area contributed by atoms with Crippen molar-refractivity contribution in [1.29, 1.82) is 0 Å². The Bertz CT molecular complexity index is 299. The van der Waals surface area contributed by atoms with Crippen LogP contribution in [-0.4, -0.2) is 43.0 Å². The topological polar surface area (TPSA) is 58.4 Å². The van der Waals surface area contributed by atoms with Crippen molar-refractivity contribution in [2.75, 3.05) is 26.2 Å². The minimum absolute atomic E-state index is 0. The molecule has 1 heterocycles. The summed E-state index contributed by atoms with van der Waals surface area (Å²) in [5.74, 6) is 0.799. The van der Waals surface area contributed by atoms with Crippen molar-refractivity contribution in [3.8, 4) is 0 Å². The lowest BCUT2D eigenvalue weighted by atomic mass is 9.95. The molecule has 0 spiro atoms. The lowest BCUT2D eigenvalue weighted by molar-refractivity contribution is -0.126. The average molecular weight is 340 g/mol. The number of hydrogen-bond donors (Lipinski definition) is 2. The number of amides is 1. The summed E-state index contributed by atoms with van der Waals surface area (Å²) in [6.45, 7) is 6.15. The van der Waals surface area contributed by atoms with Gasteiger partial charge < -0.3 is 16.0 Å². The predicted molar refractivity (Wildman–Crippen MR) is 92.3 cm³/mol. The molecule has 21 heavy (non-hydrogen) atoms. The molecule has 1 saturated heterocycles. The van der Waals surface area contributed by atoms with Gasteiger partial charge in [0.15, 0.2) is 0 Å². The molecule has 1 saturated carbocycles. The van der Waals surface area contributed by atoms with Gasteiger partial charge in [0.05, 0.1) is 0 Å². The van der Waals surface area contributed by atoms with Gasteiger partial charge >= 0.3 is 0 Å². The van der Waals surface area contributed by atoms with Crippen molar-refractivity contribution in [3.05, 3.63) is 0 Å². The fraction of sp³-hybridized carbons (Fsp3) is 0.933. The molecule has 0 radical (unpaired) electrons. The molecule has 1 unspecified atom stereocenters. The number of piperidine rings is 1. The van der Waals surface area contributed by atoms with Crippen molar-refractivity contribution in [2.24, 2.45) is 17.6 Å². The van der Waals surface area contributed by atoms with E-state index in [1.54, 1.807) is 0 Å². The zero-order valence-electron chi connectivity index (χ0n) is 13.1. The second-order valence-electron chi connectivity index (χ2n) is 6.30. The number of carbonyl (C=O) groups is 1. The molecule has 6 heteroatoms. The summed E-state index contributed by atoms with van der Waals surface area (Å²) in [6, 6.07) is 0.254. The molecule has 3 N–H and O–H groups in total. The molecule has 1 aliphatic carbocycles. The smallest absolute Gasteiger partial charge is 0.223 e. The van der Waals surface area contributed by atoms with Crippen LogP contribution in [0.2, 0.25) is 0 Å². The van der Waals surface area contributed by atoms with Gasteiger partial charge in [-0.15, -0.1) is 24.8 Å². The third-order valence-corrected chi connectivity index (χ3v) is 4.67. The van der Waals surface area contributed by atoms with Gasteiger partial charge in [0.25, 0.3) is 0 Å². The Hall–Kier alpha value is -0.0300. The van der Waals surface area contributed by atoms with E-state index in [1.807, 2.05) is 0 Å². The maximum Gasteiger partial charge on any atom is 0.223 e. The standard InChI is InChI=1S/C15H29N3O.2ClH/c1-12(11-18-8-3-2-4-9-18)17-15(19)14-7-5-6-13(14)10-16;;/h12-14H,2-11,16H2,1H3,(H,17,19);2*1H/t12?,13-,14-;;/m1../s1. The normalized spacial score (nSPS) is 27.3. The van der Waals surface area contributed by atoms with Crippen LogP contribution in [0, 0.1) is 11.8 Å². The van der Waals surface area contributed by atoms with E-state index in [0.29, 0.717) is 12.5 Å². The van der Waals surface area contributed by atoms with Gasteiger partial charge in [0, 0.05) is 18.5 Å². The molecule has 1 aliphatic heterocycles. The monoisotopic (exact) mass is 339 g/mol. The highest BCUT2D eigenvalue weighted by molar-refractivity contribution is 5.85. The quantitative estimate of drug-likeness (QED) is 0.807. The van der Waals surface area contributed by atoms with Crippen molar-refractivity contribution in [2.45, 2.75) is 51.5 Å². The SMILES string of the molecule is CC(CN1CCCCC1)NC(=O)[C@@H]1CCC[C@@H]1CN.Cl.Cl. The molecule has 0 aromatic heterocycles. The van der Waals surface area contributed by atoms with Crippen molar-refractivity contribution in [1.82, 2.24) is 10.2 Å². The number of carbonyl (C=O) groups excluding carboxylic acids is 1. The van der Waals surface area contributed by atoms with E-state index in [0.717, 1.165) is 25.8 Å². The number of likely N-dealkylation sites (tertiary alicyclic amines) is 1. The van der Waals surface area contributed by atoms with Gasteiger partial charge in [-0.05, 0) is 58.2 Å². The van der Waals surface area contributed by atoms with Crippen LogP contribution in [0.1, 0.15) is 45.4 Å². The van der Waals surface area contributed by atoms with Crippen molar-refractivity contribution < 1.29 is 4.79 Å². The van der Waals surface area contributed by atoms with Crippen LogP contribution in [0.15, 0.2) is 0 Å². The molecule has 0 aromatic carbocycles. The summed E-state index contributed by atoms with van der Waals surface area (Å²) in [5, 5.41) is 3.20. The molecule has 3 atom stereocenters. The van der Waals surface area contributed by atoms with Gasteiger partial charge in [-0.1, -0.05) is 12.8 Å². The van der Waals surface area contributed by atoms with Crippen LogP contribution in [0.25, 0.3) is 0 Å². The van der Waals surface area contributed by atoms with E-state index in [2.05, 4.69) is 17.1 Å². The van der Waals surface area contributed by atoms with Gasteiger partial charge in [0.2, 0.25) is 5.91 Å². The average Bonchev–Trinajstić information content (AvgIpc) is 2.88. The van der Waals surface area contributed by atoms with Crippen molar-refractivity contribution in [3.63, 3.8) is 0 Å². The summed E-state index contributed by atoms with van der Waals surface area (Å²) in [4.78, 5) is 14.8. The molecule has 2 rings (SSSR count). The number of hydrogen-bond acceptors (Lipinski definition) is 3. The Morgan fingerprint density at radius 3 is 2.48 bits per heavy atom. The second-order valence-corrected chi connectivity index (χ2v) is 6.30. The van der Waals surface area contributed by atoms with E-state index in [9.17, 15) is 4.79 Å². The van der Waals surface area contributed by atoms with Gasteiger partial charge in [-0.2, -0.15) is 0 Å². The molecule has 2 aliphatic rings. The summed E-state index contributed by atoms with van der Waals surface area (Å²) in [5.41, 5.74) is 5.75. The third kappa shape index (κ3) is 6.31. The third-order valence-electron chi connectivity index (χ3n) is 4.67. The molecule has 0 bridgehead atoms. The Morgan fingerprint density at radius 1 is 1.19 bits per heavy atom. The number of halogens is 2. The molecular weight excluding hydrogens is 309 g/mol. The largest absolute Gasteiger partial charge is 0.352 e. The summed E-state index contributed by atoms with van der Waals surface area (Å²) < 4.78 is 0. The highest BCUT2D eigenvalue weighted by Gasteiger charge is 2.32. The highest BCUT2D eigenvalue weighted by Crippen LogP contribution is 2.31. The second kappa shape index (κ2) is 10.7. The Labute approximate surface area is 141 Å². The maximum absolute atomic E-state index is 12.3. The Morgan fingerprint density at radius 2 is 1.86 bits per heavy atom. The predicted octanol–water partition coefficient (Wildman–Crippen LogP) is 2.20. The first-order valence-corrected chi connectivity index (χ1v) is 7.93. The van der Waals surface area contributed by atoms with E-state index >= 15 is 0 Å².